The SMILES string of the molecule is CCC(C)NC(=O)c1cc2ccc(OC(=O)c3cc4cc(Br)ccc4oc3=O)cc2oc1=O. The number of hydrogen-bond donors (Lipinski definition) is 1. The number of halogens is 1. The van der Waals surface area contributed by atoms with E-state index in [2.05, 4.69) is 21.2 Å². The van der Waals surface area contributed by atoms with Gasteiger partial charge in [0.15, 0.2) is 0 Å². The van der Waals surface area contributed by atoms with Crippen molar-refractivity contribution in [1.82, 2.24) is 5.32 Å². The molecule has 0 saturated carbocycles. The molecule has 0 aliphatic heterocycles. The van der Waals surface area contributed by atoms with Crippen LogP contribution in [0.3, 0.4) is 0 Å². The minimum atomic E-state index is -0.920. The number of nitrogens with one attached hydrogen (secondary N) is 1. The van der Waals surface area contributed by atoms with Crippen molar-refractivity contribution in [2.45, 2.75) is 26.3 Å². The highest BCUT2D eigenvalue weighted by molar-refractivity contribution is 9.10. The Labute approximate surface area is 195 Å². The largest absolute Gasteiger partial charge is 0.423 e. The molecule has 2 heterocycles. The van der Waals surface area contributed by atoms with Gasteiger partial charge in [0.25, 0.3) is 5.91 Å². The maximum absolute atomic E-state index is 12.6. The van der Waals surface area contributed by atoms with Crippen molar-refractivity contribution >= 4 is 49.7 Å². The summed E-state index contributed by atoms with van der Waals surface area (Å²) in [5.41, 5.74) is -1.58. The van der Waals surface area contributed by atoms with E-state index < -0.39 is 23.1 Å². The summed E-state index contributed by atoms with van der Waals surface area (Å²) in [5, 5.41) is 3.73. The zero-order valence-electron chi connectivity index (χ0n) is 17.6. The molecule has 0 fully saturated rings. The van der Waals surface area contributed by atoms with Gasteiger partial charge in [0.2, 0.25) is 0 Å². The number of carbonyl (C=O) groups excluding carboxylic acids is 2. The van der Waals surface area contributed by atoms with Crippen molar-refractivity contribution < 1.29 is 23.2 Å². The van der Waals surface area contributed by atoms with Gasteiger partial charge in [-0.3, -0.25) is 4.79 Å². The van der Waals surface area contributed by atoms with Crippen molar-refractivity contribution in [2.24, 2.45) is 0 Å². The average Bonchev–Trinajstić information content (AvgIpc) is 2.78. The van der Waals surface area contributed by atoms with Crippen LogP contribution in [-0.4, -0.2) is 17.9 Å². The molecule has 0 aliphatic carbocycles. The Hall–Kier alpha value is -3.72. The topological polar surface area (TPSA) is 116 Å². The Morgan fingerprint density at radius 1 is 0.939 bits per heavy atom. The Kier molecular flexibility index (Phi) is 6.15. The molecule has 1 unspecified atom stereocenters. The third-order valence-electron chi connectivity index (χ3n) is 5.07. The van der Waals surface area contributed by atoms with Gasteiger partial charge in [0.1, 0.15) is 28.0 Å². The van der Waals surface area contributed by atoms with Crippen LogP contribution in [0.25, 0.3) is 21.9 Å². The van der Waals surface area contributed by atoms with E-state index in [9.17, 15) is 19.2 Å². The quantitative estimate of drug-likeness (QED) is 0.239. The van der Waals surface area contributed by atoms with Gasteiger partial charge in [-0.2, -0.15) is 0 Å². The van der Waals surface area contributed by atoms with E-state index in [0.717, 1.165) is 4.47 Å². The standard InChI is InChI=1S/C24H18BrNO7/c1-3-12(2)26-21(27)17-9-13-4-6-16(11-20(13)33-22(17)28)31-23(29)18-10-14-8-15(25)5-7-19(14)32-24(18)30/h4-12H,3H2,1-2H3,(H,26,27). The predicted octanol–water partition coefficient (Wildman–Crippen LogP) is 4.41. The van der Waals surface area contributed by atoms with Crippen LogP contribution in [0.2, 0.25) is 0 Å². The number of esters is 1. The first-order chi connectivity index (χ1) is 15.7. The number of ether oxygens (including phenoxy) is 1. The molecule has 1 amide bonds. The van der Waals surface area contributed by atoms with E-state index in [0.29, 0.717) is 22.8 Å². The van der Waals surface area contributed by atoms with E-state index in [4.69, 9.17) is 13.6 Å². The number of benzene rings is 2. The second-order valence-electron chi connectivity index (χ2n) is 7.45. The maximum Gasteiger partial charge on any atom is 0.351 e. The Balaban J connectivity index is 1.62. The van der Waals surface area contributed by atoms with Gasteiger partial charge in [-0.05, 0) is 55.8 Å². The molecule has 0 saturated heterocycles. The maximum atomic E-state index is 12.6. The molecule has 1 N–H and O–H groups in total. The van der Waals surface area contributed by atoms with Crippen molar-refractivity contribution in [3.8, 4) is 5.75 Å². The van der Waals surface area contributed by atoms with Gasteiger partial charge in [0, 0.05) is 27.4 Å². The second kappa shape index (κ2) is 9.03. The van der Waals surface area contributed by atoms with Crippen LogP contribution in [0.1, 0.15) is 41.0 Å². The normalized spacial score (nSPS) is 12.0. The van der Waals surface area contributed by atoms with E-state index in [1.807, 2.05) is 13.8 Å². The summed E-state index contributed by atoms with van der Waals surface area (Å²) in [6.07, 6.45) is 0.715. The summed E-state index contributed by atoms with van der Waals surface area (Å²) in [5.74, 6) is -1.39. The van der Waals surface area contributed by atoms with Gasteiger partial charge in [-0.15, -0.1) is 0 Å². The first kappa shape index (κ1) is 22.5. The first-order valence-electron chi connectivity index (χ1n) is 10.1. The van der Waals surface area contributed by atoms with Crippen molar-refractivity contribution in [3.05, 3.63) is 85.0 Å². The smallest absolute Gasteiger partial charge is 0.351 e. The van der Waals surface area contributed by atoms with Crippen LogP contribution in [0.15, 0.2) is 71.4 Å². The summed E-state index contributed by atoms with van der Waals surface area (Å²) in [7, 11) is 0. The lowest BCUT2D eigenvalue weighted by molar-refractivity contribution is 0.0730. The molecule has 9 heteroatoms. The number of hydrogen-bond acceptors (Lipinski definition) is 7. The number of amides is 1. The van der Waals surface area contributed by atoms with Gasteiger partial charge < -0.3 is 18.9 Å². The van der Waals surface area contributed by atoms with Gasteiger partial charge in [-0.1, -0.05) is 22.9 Å². The molecule has 1 atom stereocenters. The van der Waals surface area contributed by atoms with Gasteiger partial charge in [0.05, 0.1) is 0 Å². The molecule has 0 bridgehead atoms. The van der Waals surface area contributed by atoms with Crippen LogP contribution < -0.4 is 21.3 Å². The fraction of sp³-hybridized carbons (Fsp3) is 0.167. The number of rotatable bonds is 5. The van der Waals surface area contributed by atoms with Gasteiger partial charge >= 0.3 is 17.2 Å². The summed E-state index contributed by atoms with van der Waals surface area (Å²) in [6.45, 7) is 3.74. The minimum Gasteiger partial charge on any atom is -0.423 e. The molecule has 8 nitrogen and oxygen atoms in total. The van der Waals surface area contributed by atoms with Crippen molar-refractivity contribution in [1.29, 1.82) is 0 Å². The number of carbonyl (C=O) groups is 2. The molecule has 0 spiro atoms. The highest BCUT2D eigenvalue weighted by Gasteiger charge is 2.18. The molecule has 0 radical (unpaired) electrons. The van der Waals surface area contributed by atoms with Gasteiger partial charge in [-0.25, -0.2) is 14.4 Å². The van der Waals surface area contributed by atoms with Crippen LogP contribution >= 0.6 is 15.9 Å². The molecule has 33 heavy (non-hydrogen) atoms. The van der Waals surface area contributed by atoms with E-state index >= 15 is 0 Å². The van der Waals surface area contributed by atoms with Crippen LogP contribution in [0, 0.1) is 0 Å². The molecule has 4 rings (SSSR count). The van der Waals surface area contributed by atoms with Crippen LogP contribution in [0.5, 0.6) is 5.75 Å². The summed E-state index contributed by atoms with van der Waals surface area (Å²) < 4.78 is 16.5. The summed E-state index contributed by atoms with van der Waals surface area (Å²) in [6, 6.07) is 12.1. The lowest BCUT2D eigenvalue weighted by Gasteiger charge is -2.11. The average molecular weight is 512 g/mol. The fourth-order valence-corrected chi connectivity index (χ4v) is 3.49. The third-order valence-corrected chi connectivity index (χ3v) is 5.56. The summed E-state index contributed by atoms with van der Waals surface area (Å²) >= 11 is 3.33. The number of fused-ring (bicyclic) bond motifs is 2. The molecule has 168 valence electrons. The lowest BCUT2D eigenvalue weighted by Crippen LogP contribution is -2.34. The summed E-state index contributed by atoms with van der Waals surface area (Å²) in [4.78, 5) is 49.4. The molecule has 2 aromatic heterocycles. The Morgan fingerprint density at radius 2 is 1.64 bits per heavy atom. The highest BCUT2D eigenvalue weighted by atomic mass is 79.9. The zero-order chi connectivity index (χ0) is 23.7. The van der Waals surface area contributed by atoms with Crippen LogP contribution in [0.4, 0.5) is 0 Å². The van der Waals surface area contributed by atoms with E-state index in [-0.39, 0.29) is 28.5 Å². The molecule has 2 aromatic carbocycles. The Morgan fingerprint density at radius 3 is 2.39 bits per heavy atom. The second-order valence-corrected chi connectivity index (χ2v) is 8.36. The highest BCUT2D eigenvalue weighted by Crippen LogP contribution is 2.23. The third kappa shape index (κ3) is 4.73. The van der Waals surface area contributed by atoms with Crippen LogP contribution in [-0.2, 0) is 0 Å². The van der Waals surface area contributed by atoms with Crippen molar-refractivity contribution in [2.75, 3.05) is 0 Å². The molecule has 0 aliphatic rings. The predicted molar refractivity (Wildman–Crippen MR) is 125 cm³/mol. The Bertz CT molecular complexity index is 1520. The zero-order valence-corrected chi connectivity index (χ0v) is 19.2. The fourth-order valence-electron chi connectivity index (χ4n) is 3.12. The first-order valence-corrected chi connectivity index (χ1v) is 10.9. The lowest BCUT2D eigenvalue weighted by atomic mass is 10.1. The minimum absolute atomic E-state index is 0.0567. The van der Waals surface area contributed by atoms with Crippen molar-refractivity contribution in [3.63, 3.8) is 0 Å². The monoisotopic (exact) mass is 511 g/mol. The molecular weight excluding hydrogens is 494 g/mol. The molecule has 4 aromatic rings. The molecular formula is C24H18BrNO7. The van der Waals surface area contributed by atoms with E-state index in [1.54, 1.807) is 24.3 Å². The van der Waals surface area contributed by atoms with E-state index in [1.165, 1.54) is 24.3 Å².